The van der Waals surface area contributed by atoms with Crippen molar-refractivity contribution in [2.75, 3.05) is 11.9 Å². The Kier molecular flexibility index (Phi) is 4.89. The highest BCUT2D eigenvalue weighted by atomic mass is 16.3. The summed E-state index contributed by atoms with van der Waals surface area (Å²) in [5.41, 5.74) is 0. The van der Waals surface area contributed by atoms with Crippen molar-refractivity contribution in [1.29, 1.82) is 0 Å². The number of carbonyl (C=O) groups is 1. The first-order valence-electron chi connectivity index (χ1n) is 5.57. The highest BCUT2D eigenvalue weighted by Gasteiger charge is 2.16. The molecule has 1 unspecified atom stereocenters. The molecule has 1 atom stereocenters. The Morgan fingerprint density at radius 2 is 2.29 bits per heavy atom. The van der Waals surface area contributed by atoms with E-state index in [1.165, 1.54) is 11.0 Å². The van der Waals surface area contributed by atoms with Crippen LogP contribution in [0.3, 0.4) is 0 Å². The molecule has 0 fully saturated rings. The quantitative estimate of drug-likeness (QED) is 0.693. The van der Waals surface area contributed by atoms with Gasteiger partial charge in [-0.25, -0.2) is 9.48 Å². The number of aromatic nitrogens is 3. The van der Waals surface area contributed by atoms with Crippen LogP contribution in [0.5, 0.6) is 0 Å². The van der Waals surface area contributed by atoms with Gasteiger partial charge in [0, 0.05) is 19.7 Å². The number of aliphatic hydroxyl groups is 1. The number of rotatable bonds is 5. The lowest BCUT2D eigenvalue weighted by Crippen LogP contribution is -2.42. The van der Waals surface area contributed by atoms with Crippen LogP contribution < -0.4 is 10.6 Å². The standard InChI is InChI=1S/C10H19N5O2/c1-7(2)8(4-5-16)13-10(17)14-9-11-6-12-15(9)3/h6-8,16H,4-5H2,1-3H3,(H2,11,12,13,14,17). The smallest absolute Gasteiger partial charge is 0.321 e. The minimum Gasteiger partial charge on any atom is -0.396 e. The molecule has 1 heterocycles. The van der Waals surface area contributed by atoms with Gasteiger partial charge in [0.25, 0.3) is 0 Å². The largest absolute Gasteiger partial charge is 0.396 e. The molecular formula is C10H19N5O2. The Morgan fingerprint density at radius 3 is 2.76 bits per heavy atom. The number of nitrogens with zero attached hydrogens (tertiary/aromatic N) is 3. The van der Waals surface area contributed by atoms with Gasteiger partial charge in [0.15, 0.2) is 0 Å². The molecule has 0 spiro atoms. The van der Waals surface area contributed by atoms with Crippen molar-refractivity contribution in [3.63, 3.8) is 0 Å². The van der Waals surface area contributed by atoms with Gasteiger partial charge in [0.1, 0.15) is 6.33 Å². The molecule has 1 aromatic heterocycles. The third kappa shape index (κ3) is 4.03. The summed E-state index contributed by atoms with van der Waals surface area (Å²) in [6.07, 6.45) is 1.90. The van der Waals surface area contributed by atoms with Crippen molar-refractivity contribution < 1.29 is 9.90 Å². The molecule has 0 saturated heterocycles. The van der Waals surface area contributed by atoms with Crippen LogP contribution in [0.4, 0.5) is 10.7 Å². The van der Waals surface area contributed by atoms with Crippen LogP contribution in [-0.4, -0.2) is 38.6 Å². The summed E-state index contributed by atoms with van der Waals surface area (Å²) in [5.74, 6) is 0.640. The Bertz CT molecular complexity index is 363. The van der Waals surface area contributed by atoms with Crippen molar-refractivity contribution in [1.82, 2.24) is 20.1 Å². The Hall–Kier alpha value is -1.63. The first kappa shape index (κ1) is 13.4. The third-order valence-corrected chi connectivity index (χ3v) is 2.50. The van der Waals surface area contributed by atoms with Crippen molar-refractivity contribution in [3.8, 4) is 0 Å². The molecule has 17 heavy (non-hydrogen) atoms. The van der Waals surface area contributed by atoms with E-state index in [0.29, 0.717) is 12.4 Å². The molecule has 7 nitrogen and oxygen atoms in total. The van der Waals surface area contributed by atoms with Gasteiger partial charge < -0.3 is 10.4 Å². The van der Waals surface area contributed by atoms with E-state index >= 15 is 0 Å². The summed E-state index contributed by atoms with van der Waals surface area (Å²) < 4.78 is 1.47. The Labute approximate surface area is 100 Å². The van der Waals surface area contributed by atoms with E-state index in [2.05, 4.69) is 20.7 Å². The number of aliphatic hydroxyl groups excluding tert-OH is 1. The molecule has 1 rings (SSSR count). The van der Waals surface area contributed by atoms with Gasteiger partial charge in [-0.15, -0.1) is 0 Å². The zero-order chi connectivity index (χ0) is 12.8. The number of hydrogen-bond acceptors (Lipinski definition) is 4. The fraction of sp³-hybridized carbons (Fsp3) is 0.700. The van der Waals surface area contributed by atoms with E-state index in [4.69, 9.17) is 5.11 Å². The lowest BCUT2D eigenvalue weighted by atomic mass is 10.0. The SMILES string of the molecule is CC(C)C(CCO)NC(=O)Nc1ncnn1C. The molecular weight excluding hydrogens is 222 g/mol. The van der Waals surface area contributed by atoms with Crippen molar-refractivity contribution in [2.45, 2.75) is 26.3 Å². The number of amides is 2. The maximum Gasteiger partial charge on any atom is 0.321 e. The van der Waals surface area contributed by atoms with Crippen LogP contribution >= 0.6 is 0 Å². The molecule has 1 aromatic rings. The summed E-state index contributed by atoms with van der Waals surface area (Å²) in [4.78, 5) is 15.6. The van der Waals surface area contributed by atoms with Gasteiger partial charge in [-0.3, -0.25) is 5.32 Å². The molecule has 3 N–H and O–H groups in total. The average Bonchev–Trinajstić information content (AvgIpc) is 2.63. The van der Waals surface area contributed by atoms with E-state index in [-0.39, 0.29) is 24.6 Å². The third-order valence-electron chi connectivity index (χ3n) is 2.50. The van der Waals surface area contributed by atoms with Crippen molar-refractivity contribution >= 4 is 12.0 Å². The average molecular weight is 241 g/mol. The lowest BCUT2D eigenvalue weighted by molar-refractivity contribution is 0.227. The number of nitrogens with one attached hydrogen (secondary N) is 2. The molecule has 0 aliphatic rings. The predicted octanol–water partition coefficient (Wildman–Crippen LogP) is 0.344. The number of carbonyl (C=O) groups excluding carboxylic acids is 1. The first-order chi connectivity index (χ1) is 8.04. The fourth-order valence-electron chi connectivity index (χ4n) is 1.43. The molecule has 0 aliphatic carbocycles. The monoisotopic (exact) mass is 241 g/mol. The minimum atomic E-state index is -0.340. The highest BCUT2D eigenvalue weighted by Crippen LogP contribution is 2.06. The highest BCUT2D eigenvalue weighted by molar-refractivity contribution is 5.87. The van der Waals surface area contributed by atoms with Crippen LogP contribution in [0, 0.1) is 5.92 Å². The van der Waals surface area contributed by atoms with Gasteiger partial charge in [0.2, 0.25) is 5.95 Å². The van der Waals surface area contributed by atoms with Gasteiger partial charge in [-0.1, -0.05) is 13.8 Å². The van der Waals surface area contributed by atoms with Gasteiger partial charge in [0.05, 0.1) is 0 Å². The zero-order valence-electron chi connectivity index (χ0n) is 10.3. The molecule has 0 aliphatic heterocycles. The second-order valence-corrected chi connectivity index (χ2v) is 4.17. The molecule has 2 amide bonds. The molecule has 7 heteroatoms. The maximum atomic E-state index is 11.7. The van der Waals surface area contributed by atoms with E-state index in [0.717, 1.165) is 0 Å². The predicted molar refractivity (Wildman–Crippen MR) is 63.5 cm³/mol. The number of urea groups is 1. The molecule has 0 saturated carbocycles. The summed E-state index contributed by atoms with van der Waals surface area (Å²) in [6.45, 7) is 4.03. The van der Waals surface area contributed by atoms with Crippen molar-refractivity contribution in [3.05, 3.63) is 6.33 Å². The normalized spacial score (nSPS) is 12.5. The molecule has 96 valence electrons. The second kappa shape index (κ2) is 6.19. The summed E-state index contributed by atoms with van der Waals surface area (Å²) >= 11 is 0. The fourth-order valence-corrected chi connectivity index (χ4v) is 1.43. The van der Waals surface area contributed by atoms with Crippen LogP contribution in [-0.2, 0) is 7.05 Å². The van der Waals surface area contributed by atoms with Crippen LogP contribution in [0.1, 0.15) is 20.3 Å². The van der Waals surface area contributed by atoms with Crippen LogP contribution in [0.15, 0.2) is 6.33 Å². The maximum absolute atomic E-state index is 11.7. The van der Waals surface area contributed by atoms with Gasteiger partial charge in [-0.2, -0.15) is 10.1 Å². The van der Waals surface area contributed by atoms with E-state index in [9.17, 15) is 4.79 Å². The second-order valence-electron chi connectivity index (χ2n) is 4.17. The number of anilines is 1. The van der Waals surface area contributed by atoms with Crippen LogP contribution in [0.25, 0.3) is 0 Å². The summed E-state index contributed by atoms with van der Waals surface area (Å²) in [6, 6.07) is -0.401. The zero-order valence-corrected chi connectivity index (χ0v) is 10.3. The van der Waals surface area contributed by atoms with Crippen molar-refractivity contribution in [2.24, 2.45) is 13.0 Å². The topological polar surface area (TPSA) is 92.1 Å². The first-order valence-corrected chi connectivity index (χ1v) is 5.57. The van der Waals surface area contributed by atoms with Gasteiger partial charge >= 0.3 is 6.03 Å². The van der Waals surface area contributed by atoms with E-state index in [1.807, 2.05) is 13.8 Å². The molecule has 0 radical (unpaired) electrons. The van der Waals surface area contributed by atoms with Crippen LogP contribution in [0.2, 0.25) is 0 Å². The summed E-state index contributed by atoms with van der Waals surface area (Å²) in [7, 11) is 1.69. The Morgan fingerprint density at radius 1 is 1.59 bits per heavy atom. The van der Waals surface area contributed by atoms with E-state index in [1.54, 1.807) is 7.05 Å². The minimum absolute atomic E-state index is 0.0487. The van der Waals surface area contributed by atoms with E-state index < -0.39 is 0 Å². The number of hydrogen-bond donors (Lipinski definition) is 3. The molecule has 0 bridgehead atoms. The molecule has 0 aromatic carbocycles. The van der Waals surface area contributed by atoms with Gasteiger partial charge in [-0.05, 0) is 12.3 Å². The lowest BCUT2D eigenvalue weighted by Gasteiger charge is -2.21. The Balaban J connectivity index is 2.50. The number of aryl methyl sites for hydroxylation is 1. The summed E-state index contributed by atoms with van der Waals surface area (Å²) in [5, 5.41) is 18.1.